The Bertz CT molecular complexity index is 578. The molecule has 0 fully saturated rings. The van der Waals surface area contributed by atoms with Crippen molar-refractivity contribution in [2.24, 2.45) is 0 Å². The lowest BCUT2D eigenvalue weighted by Crippen LogP contribution is -2.24. The molecule has 1 heterocycles. The number of aryl methyl sites for hydroxylation is 2. The Morgan fingerprint density at radius 3 is 2.50 bits per heavy atom. The van der Waals surface area contributed by atoms with Gasteiger partial charge < -0.3 is 5.11 Å². The van der Waals surface area contributed by atoms with Crippen molar-refractivity contribution in [1.82, 2.24) is 4.98 Å². The number of aliphatic hydroxyl groups is 1. The number of hydrogen-bond acceptors (Lipinski definition) is 2. The first kappa shape index (κ1) is 12.7. The van der Waals surface area contributed by atoms with E-state index in [1.165, 1.54) is 12.3 Å². The van der Waals surface area contributed by atoms with Crippen molar-refractivity contribution in [3.63, 3.8) is 0 Å². The Labute approximate surface area is 106 Å². The van der Waals surface area contributed by atoms with E-state index in [2.05, 4.69) is 4.98 Å². The van der Waals surface area contributed by atoms with Crippen LogP contribution in [-0.2, 0) is 5.60 Å². The Hall–Kier alpha value is -1.74. The lowest BCUT2D eigenvalue weighted by atomic mass is 9.86. The van der Waals surface area contributed by atoms with Crippen LogP contribution in [0.2, 0.25) is 0 Å². The van der Waals surface area contributed by atoms with Crippen molar-refractivity contribution in [3.8, 4) is 0 Å². The van der Waals surface area contributed by atoms with Crippen molar-refractivity contribution in [3.05, 3.63) is 64.7 Å². The Morgan fingerprint density at radius 1 is 1.17 bits per heavy atom. The first-order valence-corrected chi connectivity index (χ1v) is 5.82. The standard InChI is InChI=1S/C15H16FNO/c1-10-4-5-14(11(2)6-10)15(3,18)12-7-13(16)9-17-8-12/h4-9,18H,1-3H3. The van der Waals surface area contributed by atoms with E-state index in [1.54, 1.807) is 6.92 Å². The van der Waals surface area contributed by atoms with Gasteiger partial charge in [-0.2, -0.15) is 0 Å². The second-order valence-corrected chi connectivity index (χ2v) is 4.78. The highest BCUT2D eigenvalue weighted by Gasteiger charge is 2.27. The first-order chi connectivity index (χ1) is 8.41. The molecule has 0 aliphatic carbocycles. The monoisotopic (exact) mass is 245 g/mol. The van der Waals surface area contributed by atoms with Gasteiger partial charge in [-0.1, -0.05) is 23.8 Å². The summed E-state index contributed by atoms with van der Waals surface area (Å²) in [4.78, 5) is 3.79. The molecule has 94 valence electrons. The van der Waals surface area contributed by atoms with Crippen LogP contribution in [0, 0.1) is 19.7 Å². The van der Waals surface area contributed by atoms with Crippen LogP contribution in [0.25, 0.3) is 0 Å². The van der Waals surface area contributed by atoms with E-state index < -0.39 is 11.4 Å². The van der Waals surface area contributed by atoms with Crippen molar-refractivity contribution in [2.75, 3.05) is 0 Å². The van der Waals surface area contributed by atoms with Gasteiger partial charge in [-0.15, -0.1) is 0 Å². The third-order valence-corrected chi connectivity index (χ3v) is 3.17. The van der Waals surface area contributed by atoms with E-state index in [0.717, 1.165) is 22.9 Å². The molecule has 0 aliphatic heterocycles. The second-order valence-electron chi connectivity index (χ2n) is 4.78. The molecule has 0 radical (unpaired) electrons. The number of benzene rings is 1. The van der Waals surface area contributed by atoms with E-state index in [-0.39, 0.29) is 0 Å². The van der Waals surface area contributed by atoms with E-state index in [0.29, 0.717) is 5.56 Å². The fourth-order valence-corrected chi connectivity index (χ4v) is 2.19. The summed E-state index contributed by atoms with van der Waals surface area (Å²) in [5.41, 5.74) is 2.08. The maximum absolute atomic E-state index is 13.2. The number of nitrogens with zero attached hydrogens (tertiary/aromatic N) is 1. The summed E-state index contributed by atoms with van der Waals surface area (Å²) in [5.74, 6) is -0.447. The summed E-state index contributed by atoms with van der Waals surface area (Å²) < 4.78 is 13.2. The minimum absolute atomic E-state index is 0.447. The molecule has 2 nitrogen and oxygen atoms in total. The molecular weight excluding hydrogens is 229 g/mol. The maximum atomic E-state index is 13.2. The number of rotatable bonds is 2. The summed E-state index contributed by atoms with van der Waals surface area (Å²) in [6.45, 7) is 5.58. The minimum Gasteiger partial charge on any atom is -0.381 e. The summed E-state index contributed by atoms with van der Waals surface area (Å²) >= 11 is 0. The fourth-order valence-electron chi connectivity index (χ4n) is 2.19. The minimum atomic E-state index is -1.24. The normalized spacial score (nSPS) is 14.3. The van der Waals surface area contributed by atoms with Crippen LogP contribution in [0.3, 0.4) is 0 Å². The van der Waals surface area contributed by atoms with Crippen LogP contribution in [0.15, 0.2) is 36.7 Å². The molecule has 2 aromatic rings. The zero-order valence-corrected chi connectivity index (χ0v) is 10.7. The molecule has 0 saturated heterocycles. The fraction of sp³-hybridized carbons (Fsp3) is 0.267. The quantitative estimate of drug-likeness (QED) is 0.882. The molecule has 1 aromatic heterocycles. The number of halogens is 1. The molecule has 0 saturated carbocycles. The van der Waals surface area contributed by atoms with E-state index in [1.807, 2.05) is 32.0 Å². The van der Waals surface area contributed by atoms with Gasteiger partial charge in [-0.05, 0) is 38.0 Å². The zero-order valence-electron chi connectivity index (χ0n) is 10.7. The molecule has 18 heavy (non-hydrogen) atoms. The Kier molecular flexibility index (Phi) is 3.18. The number of aromatic nitrogens is 1. The van der Waals surface area contributed by atoms with Gasteiger partial charge in [0, 0.05) is 11.8 Å². The highest BCUT2D eigenvalue weighted by Crippen LogP contribution is 2.31. The molecular formula is C15H16FNO. The molecule has 0 aliphatic rings. The smallest absolute Gasteiger partial charge is 0.141 e. The maximum Gasteiger partial charge on any atom is 0.141 e. The zero-order chi connectivity index (χ0) is 13.3. The van der Waals surface area contributed by atoms with Crippen LogP contribution >= 0.6 is 0 Å². The highest BCUT2D eigenvalue weighted by atomic mass is 19.1. The molecule has 1 atom stereocenters. The van der Waals surface area contributed by atoms with Crippen LogP contribution in [0.4, 0.5) is 4.39 Å². The molecule has 1 N–H and O–H groups in total. The van der Waals surface area contributed by atoms with E-state index in [9.17, 15) is 9.50 Å². The van der Waals surface area contributed by atoms with Gasteiger partial charge in [0.05, 0.1) is 6.20 Å². The molecule has 0 amide bonds. The summed E-state index contributed by atoms with van der Waals surface area (Å²) in [6, 6.07) is 7.11. The lowest BCUT2D eigenvalue weighted by Gasteiger charge is -2.26. The van der Waals surface area contributed by atoms with Crippen LogP contribution < -0.4 is 0 Å². The van der Waals surface area contributed by atoms with Crippen LogP contribution in [0.5, 0.6) is 0 Å². The number of pyridine rings is 1. The predicted molar refractivity (Wildman–Crippen MR) is 68.8 cm³/mol. The molecule has 2 rings (SSSR count). The molecule has 1 unspecified atom stereocenters. The summed E-state index contributed by atoms with van der Waals surface area (Å²) in [7, 11) is 0. The second kappa shape index (κ2) is 4.50. The molecule has 1 aromatic carbocycles. The first-order valence-electron chi connectivity index (χ1n) is 5.82. The van der Waals surface area contributed by atoms with Crippen molar-refractivity contribution in [1.29, 1.82) is 0 Å². The SMILES string of the molecule is Cc1ccc(C(C)(O)c2cncc(F)c2)c(C)c1. The summed E-state index contributed by atoms with van der Waals surface area (Å²) in [5, 5.41) is 10.6. The van der Waals surface area contributed by atoms with Gasteiger partial charge in [-0.3, -0.25) is 4.98 Å². The lowest BCUT2D eigenvalue weighted by molar-refractivity contribution is 0.101. The molecule has 0 bridgehead atoms. The largest absolute Gasteiger partial charge is 0.381 e. The van der Waals surface area contributed by atoms with Crippen molar-refractivity contribution >= 4 is 0 Å². The van der Waals surface area contributed by atoms with E-state index in [4.69, 9.17) is 0 Å². The van der Waals surface area contributed by atoms with Crippen molar-refractivity contribution in [2.45, 2.75) is 26.4 Å². The van der Waals surface area contributed by atoms with Gasteiger partial charge in [0.25, 0.3) is 0 Å². The summed E-state index contributed by atoms with van der Waals surface area (Å²) in [6.07, 6.45) is 2.62. The molecule has 3 heteroatoms. The highest BCUT2D eigenvalue weighted by molar-refractivity contribution is 5.40. The average Bonchev–Trinajstić information content (AvgIpc) is 2.28. The van der Waals surface area contributed by atoms with Crippen molar-refractivity contribution < 1.29 is 9.50 Å². The van der Waals surface area contributed by atoms with Gasteiger partial charge in [0.1, 0.15) is 11.4 Å². The van der Waals surface area contributed by atoms with Gasteiger partial charge >= 0.3 is 0 Å². The number of hydrogen-bond donors (Lipinski definition) is 1. The Balaban J connectivity index is 2.53. The predicted octanol–water partition coefficient (Wildman–Crippen LogP) is 3.09. The van der Waals surface area contributed by atoms with Gasteiger partial charge in [0.2, 0.25) is 0 Å². The topological polar surface area (TPSA) is 33.1 Å². The molecule has 0 spiro atoms. The van der Waals surface area contributed by atoms with Gasteiger partial charge in [-0.25, -0.2) is 4.39 Å². The van der Waals surface area contributed by atoms with Crippen LogP contribution in [-0.4, -0.2) is 10.1 Å². The Morgan fingerprint density at radius 2 is 1.89 bits per heavy atom. The third-order valence-electron chi connectivity index (χ3n) is 3.17. The van der Waals surface area contributed by atoms with Gasteiger partial charge in [0.15, 0.2) is 0 Å². The average molecular weight is 245 g/mol. The van der Waals surface area contributed by atoms with E-state index >= 15 is 0 Å². The third kappa shape index (κ3) is 2.27. The van der Waals surface area contributed by atoms with Crippen LogP contribution in [0.1, 0.15) is 29.2 Å².